The summed E-state index contributed by atoms with van der Waals surface area (Å²) >= 11 is 11.6. The molecule has 170 valence electrons. The van der Waals surface area contributed by atoms with E-state index >= 15 is 0 Å². The molecule has 1 fully saturated rings. The Labute approximate surface area is 199 Å². The van der Waals surface area contributed by atoms with Crippen LogP contribution in [0.5, 0.6) is 0 Å². The Morgan fingerprint density at radius 1 is 1.00 bits per heavy atom. The second kappa shape index (κ2) is 10.3. The van der Waals surface area contributed by atoms with Crippen LogP contribution in [0.15, 0.2) is 36.4 Å². The minimum absolute atomic E-state index is 0.00684. The van der Waals surface area contributed by atoms with Gasteiger partial charge in [0.05, 0.1) is 11.4 Å². The van der Waals surface area contributed by atoms with Crippen molar-refractivity contribution >= 4 is 52.1 Å². The van der Waals surface area contributed by atoms with E-state index in [1.807, 2.05) is 56.9 Å². The first-order valence-corrected chi connectivity index (χ1v) is 11.5. The fourth-order valence-electron chi connectivity index (χ4n) is 3.63. The number of halogens is 1. The van der Waals surface area contributed by atoms with E-state index in [9.17, 15) is 9.59 Å². The molecule has 3 rings (SSSR count). The summed E-state index contributed by atoms with van der Waals surface area (Å²) in [6, 6.07) is 11.1. The standard InChI is InChI=1S/C24H29ClN4O2S/c1-15(2)23(31)29-11-9-28(10-12-29)21-8-7-19(25)14-20(21)26-24(32)27-22(30)18-6-5-16(3)17(4)13-18/h5-8,13-15H,9-12H2,1-4H3,(H2,26,27,30,32). The molecule has 0 radical (unpaired) electrons. The van der Waals surface area contributed by atoms with Crippen LogP contribution in [0.1, 0.15) is 35.3 Å². The van der Waals surface area contributed by atoms with Crippen LogP contribution < -0.4 is 15.5 Å². The number of rotatable bonds is 4. The van der Waals surface area contributed by atoms with E-state index in [0.29, 0.717) is 42.5 Å². The molecule has 0 aromatic heterocycles. The summed E-state index contributed by atoms with van der Waals surface area (Å²) in [7, 11) is 0. The van der Waals surface area contributed by atoms with E-state index in [1.54, 1.807) is 12.1 Å². The topological polar surface area (TPSA) is 64.7 Å². The van der Waals surface area contributed by atoms with Gasteiger partial charge in [-0.1, -0.05) is 31.5 Å². The Kier molecular flexibility index (Phi) is 7.74. The monoisotopic (exact) mass is 472 g/mol. The van der Waals surface area contributed by atoms with E-state index < -0.39 is 0 Å². The molecule has 2 aromatic carbocycles. The van der Waals surface area contributed by atoms with Crippen LogP contribution >= 0.6 is 23.8 Å². The van der Waals surface area contributed by atoms with E-state index in [2.05, 4.69) is 15.5 Å². The highest BCUT2D eigenvalue weighted by Crippen LogP contribution is 2.30. The SMILES string of the molecule is Cc1ccc(C(=O)NC(=S)Nc2cc(Cl)ccc2N2CCN(C(=O)C(C)C)CC2)cc1C. The number of amides is 2. The summed E-state index contributed by atoms with van der Waals surface area (Å²) in [6.45, 7) is 10.5. The summed E-state index contributed by atoms with van der Waals surface area (Å²) in [5, 5.41) is 6.63. The van der Waals surface area contributed by atoms with Crippen molar-refractivity contribution in [2.75, 3.05) is 36.4 Å². The molecule has 2 aromatic rings. The quantitative estimate of drug-likeness (QED) is 0.646. The minimum atomic E-state index is -0.269. The van der Waals surface area contributed by atoms with Crippen molar-refractivity contribution in [3.05, 3.63) is 58.1 Å². The number of carbonyl (C=O) groups is 2. The number of aryl methyl sites for hydroxylation is 2. The van der Waals surface area contributed by atoms with E-state index in [-0.39, 0.29) is 22.8 Å². The van der Waals surface area contributed by atoms with Crippen LogP contribution in [0.4, 0.5) is 11.4 Å². The lowest BCUT2D eigenvalue weighted by Crippen LogP contribution is -2.50. The Morgan fingerprint density at radius 3 is 2.31 bits per heavy atom. The molecule has 0 atom stereocenters. The lowest BCUT2D eigenvalue weighted by molar-refractivity contribution is -0.134. The summed E-state index contributed by atoms with van der Waals surface area (Å²) in [4.78, 5) is 29.0. The second-order valence-corrected chi connectivity index (χ2v) is 9.18. The van der Waals surface area contributed by atoms with Crippen LogP contribution in [0.2, 0.25) is 5.02 Å². The first-order chi connectivity index (χ1) is 15.2. The smallest absolute Gasteiger partial charge is 0.257 e. The van der Waals surface area contributed by atoms with Gasteiger partial charge < -0.3 is 15.1 Å². The van der Waals surface area contributed by atoms with Gasteiger partial charge in [0.25, 0.3) is 5.91 Å². The average molecular weight is 473 g/mol. The van der Waals surface area contributed by atoms with Crippen molar-refractivity contribution < 1.29 is 9.59 Å². The van der Waals surface area contributed by atoms with Crippen molar-refractivity contribution in [1.82, 2.24) is 10.2 Å². The lowest BCUT2D eigenvalue weighted by Gasteiger charge is -2.37. The zero-order valence-electron chi connectivity index (χ0n) is 18.9. The predicted octanol–water partition coefficient (Wildman–Crippen LogP) is 4.39. The van der Waals surface area contributed by atoms with Gasteiger partial charge in [-0.3, -0.25) is 14.9 Å². The molecule has 1 heterocycles. The summed E-state index contributed by atoms with van der Waals surface area (Å²) in [5.74, 6) is -0.100. The number of hydrogen-bond acceptors (Lipinski definition) is 4. The van der Waals surface area contributed by atoms with Gasteiger partial charge in [0.15, 0.2) is 5.11 Å². The van der Waals surface area contributed by atoms with Crippen molar-refractivity contribution in [3.8, 4) is 0 Å². The fourth-order valence-corrected chi connectivity index (χ4v) is 4.00. The van der Waals surface area contributed by atoms with E-state index in [0.717, 1.165) is 16.8 Å². The average Bonchev–Trinajstić information content (AvgIpc) is 2.75. The number of nitrogens with one attached hydrogen (secondary N) is 2. The van der Waals surface area contributed by atoms with Gasteiger partial charge in [0, 0.05) is 42.7 Å². The maximum atomic E-state index is 12.6. The lowest BCUT2D eigenvalue weighted by atomic mass is 10.1. The highest BCUT2D eigenvalue weighted by atomic mass is 35.5. The number of anilines is 2. The van der Waals surface area contributed by atoms with Gasteiger partial charge in [0.1, 0.15) is 0 Å². The van der Waals surface area contributed by atoms with Crippen LogP contribution in [-0.2, 0) is 4.79 Å². The Balaban J connectivity index is 1.68. The zero-order chi connectivity index (χ0) is 23.4. The van der Waals surface area contributed by atoms with Crippen molar-refractivity contribution in [2.45, 2.75) is 27.7 Å². The second-order valence-electron chi connectivity index (χ2n) is 8.34. The van der Waals surface area contributed by atoms with Gasteiger partial charge in [-0.05, 0) is 67.5 Å². The van der Waals surface area contributed by atoms with Crippen molar-refractivity contribution in [1.29, 1.82) is 0 Å². The number of piperazine rings is 1. The predicted molar refractivity (Wildman–Crippen MR) is 135 cm³/mol. The van der Waals surface area contributed by atoms with Gasteiger partial charge >= 0.3 is 0 Å². The van der Waals surface area contributed by atoms with Gasteiger partial charge in [-0.25, -0.2) is 0 Å². The Morgan fingerprint density at radius 2 is 1.69 bits per heavy atom. The molecule has 1 aliphatic rings. The van der Waals surface area contributed by atoms with Crippen LogP contribution in [0.25, 0.3) is 0 Å². The van der Waals surface area contributed by atoms with Gasteiger partial charge in [0.2, 0.25) is 5.91 Å². The molecule has 0 aliphatic carbocycles. The molecule has 2 N–H and O–H groups in total. The Bertz CT molecular complexity index is 1030. The molecule has 0 unspecified atom stereocenters. The van der Waals surface area contributed by atoms with Crippen molar-refractivity contribution in [2.24, 2.45) is 5.92 Å². The molecule has 0 spiro atoms. The van der Waals surface area contributed by atoms with Gasteiger partial charge in [-0.2, -0.15) is 0 Å². The fraction of sp³-hybridized carbons (Fsp3) is 0.375. The number of benzene rings is 2. The molecule has 32 heavy (non-hydrogen) atoms. The maximum Gasteiger partial charge on any atom is 0.257 e. The first-order valence-electron chi connectivity index (χ1n) is 10.7. The number of nitrogens with zero attached hydrogens (tertiary/aromatic N) is 2. The first kappa shape index (κ1) is 24.0. The molecule has 2 amide bonds. The molecular weight excluding hydrogens is 444 g/mol. The molecular formula is C24H29ClN4O2S. The summed E-state index contributed by atoms with van der Waals surface area (Å²) < 4.78 is 0. The molecule has 1 aliphatic heterocycles. The highest BCUT2D eigenvalue weighted by molar-refractivity contribution is 7.80. The number of hydrogen-bond donors (Lipinski definition) is 2. The molecule has 8 heteroatoms. The number of carbonyl (C=O) groups excluding carboxylic acids is 2. The number of thiocarbonyl (C=S) groups is 1. The molecule has 6 nitrogen and oxygen atoms in total. The van der Waals surface area contributed by atoms with Crippen LogP contribution in [-0.4, -0.2) is 48.0 Å². The third-order valence-electron chi connectivity index (χ3n) is 5.63. The van der Waals surface area contributed by atoms with Crippen LogP contribution in [0, 0.1) is 19.8 Å². The van der Waals surface area contributed by atoms with Gasteiger partial charge in [-0.15, -0.1) is 0 Å². The molecule has 0 bridgehead atoms. The third kappa shape index (κ3) is 5.78. The summed E-state index contributed by atoms with van der Waals surface area (Å²) in [6.07, 6.45) is 0. The summed E-state index contributed by atoms with van der Waals surface area (Å²) in [5.41, 5.74) is 4.36. The third-order valence-corrected chi connectivity index (χ3v) is 6.07. The maximum absolute atomic E-state index is 12.6. The van der Waals surface area contributed by atoms with E-state index in [4.69, 9.17) is 23.8 Å². The molecule has 1 saturated heterocycles. The van der Waals surface area contributed by atoms with Crippen molar-refractivity contribution in [3.63, 3.8) is 0 Å². The normalized spacial score (nSPS) is 13.8. The van der Waals surface area contributed by atoms with E-state index in [1.165, 1.54) is 0 Å². The largest absolute Gasteiger partial charge is 0.366 e. The van der Waals surface area contributed by atoms with Crippen LogP contribution in [0.3, 0.4) is 0 Å². The Hall–Kier alpha value is -2.64. The highest BCUT2D eigenvalue weighted by Gasteiger charge is 2.24. The molecule has 0 saturated carbocycles. The zero-order valence-corrected chi connectivity index (χ0v) is 20.4. The minimum Gasteiger partial charge on any atom is -0.366 e.